The van der Waals surface area contributed by atoms with Gasteiger partial charge in [-0.2, -0.15) is 0 Å². The fraction of sp³-hybridized carbons (Fsp3) is 0.286. The Hall–Kier alpha value is -0.610. The summed E-state index contributed by atoms with van der Waals surface area (Å²) < 4.78 is 14.7. The molecule has 1 heterocycles. The Morgan fingerprint density at radius 1 is 1.32 bits per heavy atom. The van der Waals surface area contributed by atoms with Gasteiger partial charge in [0.15, 0.2) is 0 Å². The Balaban J connectivity index is 2.38. The zero-order valence-electron chi connectivity index (χ0n) is 10.4. The average Bonchev–Trinajstić information content (AvgIpc) is 2.69. The standard InChI is InChI=1S/C14H14Cl2FNS/c1-2-6-18-13(9-4-3-5-10(17)7-9)11-8-12(15)19-14(11)16/h3-5,7-8,13,18H,2,6H2,1H3. The third-order valence-electron chi connectivity index (χ3n) is 2.77. The molecule has 1 aromatic carbocycles. The fourth-order valence-corrected chi connectivity index (χ4v) is 3.46. The highest BCUT2D eigenvalue weighted by molar-refractivity contribution is 7.20. The largest absolute Gasteiger partial charge is 0.306 e. The van der Waals surface area contributed by atoms with Gasteiger partial charge in [-0.1, -0.05) is 42.3 Å². The van der Waals surface area contributed by atoms with Crippen LogP contribution in [0.2, 0.25) is 8.67 Å². The molecule has 0 fully saturated rings. The van der Waals surface area contributed by atoms with E-state index in [2.05, 4.69) is 12.2 Å². The number of nitrogens with one attached hydrogen (secondary N) is 1. The first-order valence-electron chi connectivity index (χ1n) is 6.05. The minimum absolute atomic E-state index is 0.133. The molecule has 102 valence electrons. The Labute approximate surface area is 126 Å². The van der Waals surface area contributed by atoms with E-state index in [1.807, 2.05) is 12.1 Å². The van der Waals surface area contributed by atoms with Crippen molar-refractivity contribution < 1.29 is 4.39 Å². The van der Waals surface area contributed by atoms with E-state index in [4.69, 9.17) is 23.2 Å². The highest BCUT2D eigenvalue weighted by atomic mass is 35.5. The lowest BCUT2D eigenvalue weighted by Crippen LogP contribution is -2.23. The van der Waals surface area contributed by atoms with Gasteiger partial charge in [0.05, 0.1) is 14.7 Å². The van der Waals surface area contributed by atoms with Crippen molar-refractivity contribution in [3.05, 3.63) is 55.9 Å². The Kier molecular flexibility index (Phi) is 5.22. The number of rotatable bonds is 5. The molecule has 0 saturated heterocycles. The van der Waals surface area contributed by atoms with E-state index in [0.717, 1.165) is 24.1 Å². The predicted octanol–water partition coefficient (Wildman–Crippen LogP) is 5.28. The molecule has 1 N–H and O–H groups in total. The molecule has 5 heteroatoms. The molecule has 1 atom stereocenters. The average molecular weight is 318 g/mol. The van der Waals surface area contributed by atoms with Crippen molar-refractivity contribution in [2.24, 2.45) is 0 Å². The second kappa shape index (κ2) is 6.71. The molecule has 0 saturated carbocycles. The van der Waals surface area contributed by atoms with Crippen LogP contribution in [0.25, 0.3) is 0 Å². The van der Waals surface area contributed by atoms with Crippen molar-refractivity contribution in [2.75, 3.05) is 6.54 Å². The zero-order chi connectivity index (χ0) is 13.8. The molecular weight excluding hydrogens is 304 g/mol. The summed E-state index contributed by atoms with van der Waals surface area (Å²) >= 11 is 13.5. The lowest BCUT2D eigenvalue weighted by Gasteiger charge is -2.18. The maximum atomic E-state index is 13.4. The molecule has 0 aliphatic heterocycles. The van der Waals surface area contributed by atoms with E-state index in [1.165, 1.54) is 23.5 Å². The third kappa shape index (κ3) is 3.69. The number of thiophene rings is 1. The molecular formula is C14H14Cl2FNS. The monoisotopic (exact) mass is 317 g/mol. The summed E-state index contributed by atoms with van der Waals surface area (Å²) in [6.45, 7) is 2.91. The van der Waals surface area contributed by atoms with Crippen molar-refractivity contribution in [2.45, 2.75) is 19.4 Å². The van der Waals surface area contributed by atoms with Crippen molar-refractivity contribution in [3.8, 4) is 0 Å². The smallest absolute Gasteiger partial charge is 0.123 e. The van der Waals surface area contributed by atoms with Gasteiger partial charge in [0.2, 0.25) is 0 Å². The second-order valence-corrected chi connectivity index (χ2v) is 6.51. The van der Waals surface area contributed by atoms with Crippen LogP contribution in [0.15, 0.2) is 30.3 Å². The summed E-state index contributed by atoms with van der Waals surface area (Å²) in [6, 6.07) is 8.25. The normalized spacial score (nSPS) is 12.6. The van der Waals surface area contributed by atoms with Gasteiger partial charge in [-0.05, 0) is 36.7 Å². The quantitative estimate of drug-likeness (QED) is 0.790. The predicted molar refractivity (Wildman–Crippen MR) is 80.9 cm³/mol. The number of hydrogen-bond acceptors (Lipinski definition) is 2. The van der Waals surface area contributed by atoms with Gasteiger partial charge in [-0.25, -0.2) is 4.39 Å². The van der Waals surface area contributed by atoms with E-state index >= 15 is 0 Å². The highest BCUT2D eigenvalue weighted by Gasteiger charge is 2.19. The highest BCUT2D eigenvalue weighted by Crippen LogP contribution is 2.37. The third-order valence-corrected chi connectivity index (χ3v) is 4.29. The molecule has 2 rings (SSSR count). The maximum Gasteiger partial charge on any atom is 0.123 e. The van der Waals surface area contributed by atoms with Gasteiger partial charge in [-0.15, -0.1) is 11.3 Å². The van der Waals surface area contributed by atoms with Crippen LogP contribution in [0.1, 0.15) is 30.5 Å². The van der Waals surface area contributed by atoms with Gasteiger partial charge in [-0.3, -0.25) is 0 Å². The summed E-state index contributed by atoms with van der Waals surface area (Å²) in [4.78, 5) is 0. The first kappa shape index (κ1) is 14.8. The summed E-state index contributed by atoms with van der Waals surface area (Å²) in [7, 11) is 0. The first-order chi connectivity index (χ1) is 9.11. The molecule has 0 spiro atoms. The molecule has 0 amide bonds. The van der Waals surface area contributed by atoms with E-state index in [1.54, 1.807) is 6.07 Å². The number of hydrogen-bond donors (Lipinski definition) is 1. The van der Waals surface area contributed by atoms with Crippen LogP contribution >= 0.6 is 34.5 Å². The lowest BCUT2D eigenvalue weighted by molar-refractivity contribution is 0.586. The van der Waals surface area contributed by atoms with Crippen molar-refractivity contribution in [3.63, 3.8) is 0 Å². The van der Waals surface area contributed by atoms with E-state index < -0.39 is 0 Å². The summed E-state index contributed by atoms with van der Waals surface area (Å²) in [5, 5.41) is 3.38. The Morgan fingerprint density at radius 3 is 2.68 bits per heavy atom. The first-order valence-corrected chi connectivity index (χ1v) is 7.62. The Bertz CT molecular complexity index is 556. The molecule has 2 aromatic rings. The Morgan fingerprint density at radius 2 is 2.11 bits per heavy atom. The summed E-state index contributed by atoms with van der Waals surface area (Å²) in [6.07, 6.45) is 0.987. The molecule has 0 aliphatic carbocycles. The molecule has 1 aromatic heterocycles. The molecule has 0 aliphatic rings. The SMILES string of the molecule is CCCNC(c1cccc(F)c1)c1cc(Cl)sc1Cl. The van der Waals surface area contributed by atoms with Gasteiger partial charge in [0.25, 0.3) is 0 Å². The minimum atomic E-state index is -0.252. The van der Waals surface area contributed by atoms with Gasteiger partial charge < -0.3 is 5.32 Å². The maximum absolute atomic E-state index is 13.4. The van der Waals surface area contributed by atoms with Crippen molar-refractivity contribution in [1.29, 1.82) is 0 Å². The van der Waals surface area contributed by atoms with Crippen molar-refractivity contribution >= 4 is 34.5 Å². The number of halogens is 3. The zero-order valence-corrected chi connectivity index (χ0v) is 12.7. The lowest BCUT2D eigenvalue weighted by atomic mass is 10.0. The summed E-state index contributed by atoms with van der Waals surface area (Å²) in [5.74, 6) is -0.252. The molecule has 19 heavy (non-hydrogen) atoms. The van der Waals surface area contributed by atoms with Crippen LogP contribution < -0.4 is 5.32 Å². The van der Waals surface area contributed by atoms with Crippen LogP contribution in [0, 0.1) is 5.82 Å². The van der Waals surface area contributed by atoms with E-state index in [0.29, 0.717) is 8.67 Å². The van der Waals surface area contributed by atoms with Crippen molar-refractivity contribution in [1.82, 2.24) is 5.32 Å². The van der Waals surface area contributed by atoms with E-state index in [9.17, 15) is 4.39 Å². The fourth-order valence-electron chi connectivity index (χ4n) is 1.93. The van der Waals surface area contributed by atoms with Crippen LogP contribution in [-0.2, 0) is 0 Å². The molecule has 0 bridgehead atoms. The summed E-state index contributed by atoms with van der Waals surface area (Å²) in [5.41, 5.74) is 1.75. The molecule has 1 unspecified atom stereocenters. The van der Waals surface area contributed by atoms with Gasteiger partial charge in [0.1, 0.15) is 5.82 Å². The topological polar surface area (TPSA) is 12.0 Å². The molecule has 0 radical (unpaired) electrons. The molecule has 1 nitrogen and oxygen atoms in total. The van der Waals surface area contributed by atoms with Crippen LogP contribution in [0.5, 0.6) is 0 Å². The number of benzene rings is 1. The van der Waals surface area contributed by atoms with Crippen LogP contribution in [0.4, 0.5) is 4.39 Å². The van der Waals surface area contributed by atoms with E-state index in [-0.39, 0.29) is 11.9 Å². The van der Waals surface area contributed by atoms with Gasteiger partial charge in [0, 0.05) is 5.56 Å². The second-order valence-electron chi connectivity index (χ2n) is 4.22. The minimum Gasteiger partial charge on any atom is -0.306 e. The van der Waals surface area contributed by atoms with Gasteiger partial charge >= 0.3 is 0 Å². The van der Waals surface area contributed by atoms with Crippen LogP contribution in [-0.4, -0.2) is 6.54 Å². The van der Waals surface area contributed by atoms with Crippen LogP contribution in [0.3, 0.4) is 0 Å².